The molecule has 1 heterocycles. The summed E-state index contributed by atoms with van der Waals surface area (Å²) in [5, 5.41) is -0.247. The van der Waals surface area contributed by atoms with Crippen LogP contribution in [0.25, 0.3) is 0 Å². The lowest BCUT2D eigenvalue weighted by Gasteiger charge is -2.27. The van der Waals surface area contributed by atoms with E-state index in [1.807, 2.05) is 0 Å². The van der Waals surface area contributed by atoms with Crippen LogP contribution in [0.4, 0.5) is 18.9 Å². The molecule has 0 N–H and O–H groups in total. The Morgan fingerprint density at radius 1 is 1.04 bits per heavy atom. The van der Waals surface area contributed by atoms with E-state index in [0.29, 0.717) is 5.76 Å². The Bertz CT molecular complexity index is 777. The van der Waals surface area contributed by atoms with Crippen LogP contribution in [0.5, 0.6) is 0 Å². The van der Waals surface area contributed by atoms with Crippen molar-refractivity contribution in [2.24, 2.45) is 0 Å². The molecular weight excluding hydrogens is 331 g/mol. The van der Waals surface area contributed by atoms with E-state index in [4.69, 9.17) is 4.42 Å². The summed E-state index contributed by atoms with van der Waals surface area (Å²) in [6.45, 7) is 4.87. The highest BCUT2D eigenvalue weighted by molar-refractivity contribution is 7.92. The molecule has 23 heavy (non-hydrogen) atoms. The Morgan fingerprint density at radius 2 is 1.61 bits per heavy atom. The van der Waals surface area contributed by atoms with Gasteiger partial charge in [0.25, 0.3) is 10.0 Å². The summed E-state index contributed by atoms with van der Waals surface area (Å²) in [6, 6.07) is 6.32. The normalized spacial score (nSPS) is 12.7. The molecule has 1 aromatic carbocycles. The number of hydrogen-bond acceptors (Lipinski definition) is 3. The van der Waals surface area contributed by atoms with Crippen LogP contribution in [-0.2, 0) is 16.2 Å². The highest BCUT2D eigenvalue weighted by atomic mass is 32.2. The van der Waals surface area contributed by atoms with Gasteiger partial charge in [0.1, 0.15) is 5.76 Å². The van der Waals surface area contributed by atoms with E-state index in [1.54, 1.807) is 20.8 Å². The number of benzene rings is 1. The summed E-state index contributed by atoms with van der Waals surface area (Å²) in [6.07, 6.45) is -4.47. The highest BCUT2D eigenvalue weighted by Gasteiger charge is 2.33. The molecule has 2 rings (SSSR count). The number of nitrogens with zero attached hydrogens (tertiary/aromatic N) is 1. The summed E-state index contributed by atoms with van der Waals surface area (Å²) in [5.74, 6) is 0.430. The van der Waals surface area contributed by atoms with E-state index in [-0.39, 0.29) is 10.8 Å². The van der Waals surface area contributed by atoms with E-state index in [2.05, 4.69) is 0 Å². The fourth-order valence-corrected chi connectivity index (χ4v) is 3.78. The third kappa shape index (κ3) is 3.52. The first-order chi connectivity index (χ1) is 10.5. The second-order valence-electron chi connectivity index (χ2n) is 5.30. The number of hydrogen-bond donors (Lipinski definition) is 0. The Morgan fingerprint density at radius 3 is 2.00 bits per heavy atom. The summed E-state index contributed by atoms with van der Waals surface area (Å²) < 4.78 is 69.5. The number of anilines is 1. The van der Waals surface area contributed by atoms with Gasteiger partial charge < -0.3 is 4.42 Å². The molecule has 126 valence electrons. The van der Waals surface area contributed by atoms with Gasteiger partial charge in [0.2, 0.25) is 5.09 Å². The van der Waals surface area contributed by atoms with Crippen LogP contribution in [0.3, 0.4) is 0 Å². The van der Waals surface area contributed by atoms with Crippen molar-refractivity contribution in [2.45, 2.75) is 38.1 Å². The molecule has 0 bridgehead atoms. The quantitative estimate of drug-likeness (QED) is 0.832. The molecule has 0 amide bonds. The van der Waals surface area contributed by atoms with Gasteiger partial charge in [0, 0.05) is 6.04 Å². The Kier molecular flexibility index (Phi) is 4.48. The average Bonchev–Trinajstić information content (AvgIpc) is 2.85. The minimum atomic E-state index is -4.47. The van der Waals surface area contributed by atoms with Crippen molar-refractivity contribution in [1.29, 1.82) is 0 Å². The second-order valence-corrected chi connectivity index (χ2v) is 7.05. The monoisotopic (exact) mass is 347 g/mol. The maximum atomic E-state index is 12.7. The maximum Gasteiger partial charge on any atom is 0.416 e. The molecule has 0 radical (unpaired) electrons. The number of alkyl halides is 3. The van der Waals surface area contributed by atoms with E-state index in [0.717, 1.165) is 28.6 Å². The molecule has 0 aliphatic carbocycles. The molecule has 2 aromatic rings. The summed E-state index contributed by atoms with van der Waals surface area (Å²) in [4.78, 5) is 0. The Balaban J connectivity index is 2.47. The predicted molar refractivity (Wildman–Crippen MR) is 79.7 cm³/mol. The first kappa shape index (κ1) is 17.4. The van der Waals surface area contributed by atoms with Gasteiger partial charge in [-0.25, -0.2) is 0 Å². The van der Waals surface area contributed by atoms with Crippen LogP contribution < -0.4 is 4.31 Å². The smallest absolute Gasteiger partial charge is 0.416 e. The minimum Gasteiger partial charge on any atom is -0.448 e. The van der Waals surface area contributed by atoms with Crippen molar-refractivity contribution in [3.63, 3.8) is 0 Å². The fraction of sp³-hybridized carbons (Fsp3) is 0.333. The summed E-state index contributed by atoms with van der Waals surface area (Å²) in [5.41, 5.74) is -0.696. The van der Waals surface area contributed by atoms with Crippen LogP contribution in [-0.4, -0.2) is 14.5 Å². The van der Waals surface area contributed by atoms with E-state index in [9.17, 15) is 21.6 Å². The molecule has 0 aliphatic rings. The van der Waals surface area contributed by atoms with Crippen molar-refractivity contribution < 1.29 is 26.0 Å². The third-order valence-electron chi connectivity index (χ3n) is 3.15. The zero-order valence-corrected chi connectivity index (χ0v) is 13.6. The van der Waals surface area contributed by atoms with Gasteiger partial charge in [0.05, 0.1) is 11.3 Å². The fourth-order valence-electron chi connectivity index (χ4n) is 2.16. The number of halogens is 3. The van der Waals surface area contributed by atoms with E-state index in [1.165, 1.54) is 12.1 Å². The first-order valence-electron chi connectivity index (χ1n) is 6.81. The lowest BCUT2D eigenvalue weighted by molar-refractivity contribution is -0.137. The van der Waals surface area contributed by atoms with Crippen molar-refractivity contribution in [3.05, 3.63) is 47.7 Å². The van der Waals surface area contributed by atoms with Gasteiger partial charge in [-0.15, -0.1) is 0 Å². The van der Waals surface area contributed by atoms with Gasteiger partial charge in [-0.1, -0.05) is 0 Å². The molecule has 0 atom stereocenters. The predicted octanol–water partition coefficient (Wildman–Crippen LogP) is 4.21. The van der Waals surface area contributed by atoms with Crippen LogP contribution >= 0.6 is 0 Å². The lowest BCUT2D eigenvalue weighted by atomic mass is 10.2. The molecule has 0 fully saturated rings. The molecule has 8 heteroatoms. The Labute approximate surface area is 132 Å². The van der Waals surface area contributed by atoms with Crippen molar-refractivity contribution >= 4 is 15.7 Å². The third-order valence-corrected chi connectivity index (χ3v) is 5.03. The summed E-state index contributed by atoms with van der Waals surface area (Å²) in [7, 11) is -4.00. The largest absolute Gasteiger partial charge is 0.448 e. The summed E-state index contributed by atoms with van der Waals surface area (Å²) >= 11 is 0. The van der Waals surface area contributed by atoms with Crippen molar-refractivity contribution in [2.75, 3.05) is 4.31 Å². The van der Waals surface area contributed by atoms with Gasteiger partial charge in [-0.2, -0.15) is 21.6 Å². The van der Waals surface area contributed by atoms with Gasteiger partial charge in [-0.05, 0) is 57.2 Å². The molecule has 0 unspecified atom stereocenters. The molecule has 4 nitrogen and oxygen atoms in total. The van der Waals surface area contributed by atoms with Crippen LogP contribution in [0, 0.1) is 6.92 Å². The standard InChI is InChI=1S/C15H16F3NO3S/c1-10(2)19(23(20,21)14-9-4-11(3)22-14)13-7-5-12(6-8-13)15(16,17)18/h4-10H,1-3H3. The Hall–Kier alpha value is -1.96. The average molecular weight is 347 g/mol. The molecule has 0 saturated heterocycles. The number of sulfonamides is 1. The molecule has 0 aliphatic heterocycles. The maximum absolute atomic E-state index is 12.7. The molecular formula is C15H16F3NO3S. The van der Waals surface area contributed by atoms with Gasteiger partial charge in [0.15, 0.2) is 0 Å². The number of furan rings is 1. The van der Waals surface area contributed by atoms with Gasteiger partial charge in [-0.3, -0.25) is 4.31 Å². The van der Waals surface area contributed by atoms with Gasteiger partial charge >= 0.3 is 6.18 Å². The van der Waals surface area contributed by atoms with Crippen LogP contribution in [0.15, 0.2) is 45.9 Å². The van der Waals surface area contributed by atoms with Crippen molar-refractivity contribution in [3.8, 4) is 0 Å². The van der Waals surface area contributed by atoms with Crippen LogP contribution in [0.1, 0.15) is 25.2 Å². The minimum absolute atomic E-state index is 0.141. The lowest BCUT2D eigenvalue weighted by Crippen LogP contribution is -2.36. The van der Waals surface area contributed by atoms with Crippen molar-refractivity contribution in [1.82, 2.24) is 0 Å². The zero-order valence-electron chi connectivity index (χ0n) is 12.8. The highest BCUT2D eigenvalue weighted by Crippen LogP contribution is 2.32. The number of rotatable bonds is 4. The zero-order chi connectivity index (χ0) is 17.4. The molecule has 0 saturated carbocycles. The molecule has 0 spiro atoms. The topological polar surface area (TPSA) is 50.5 Å². The van der Waals surface area contributed by atoms with E-state index < -0.39 is 27.8 Å². The SMILES string of the molecule is Cc1ccc(S(=O)(=O)N(c2ccc(C(F)(F)F)cc2)C(C)C)o1. The first-order valence-corrected chi connectivity index (χ1v) is 8.25. The molecule has 1 aromatic heterocycles. The second kappa shape index (κ2) is 5.92. The van der Waals surface area contributed by atoms with E-state index >= 15 is 0 Å². The number of aryl methyl sites for hydroxylation is 1. The van der Waals surface area contributed by atoms with Crippen LogP contribution in [0.2, 0.25) is 0 Å².